The fourth-order valence-corrected chi connectivity index (χ4v) is 4.63. The first kappa shape index (κ1) is 26.1. The number of furan rings is 1. The van der Waals surface area contributed by atoms with E-state index in [2.05, 4.69) is 0 Å². The highest BCUT2D eigenvalue weighted by Crippen LogP contribution is 2.37. The molecule has 2 heterocycles. The first-order valence-corrected chi connectivity index (χ1v) is 12.6. The Morgan fingerprint density at radius 3 is 2.33 bits per heavy atom. The van der Waals surface area contributed by atoms with Gasteiger partial charge in [0, 0.05) is 29.1 Å². The lowest BCUT2D eigenvalue weighted by atomic mass is 10.0. The number of rotatable bonds is 9. The summed E-state index contributed by atoms with van der Waals surface area (Å²) in [5.74, 6) is 1.87. The van der Waals surface area contributed by atoms with Crippen LogP contribution in [0.1, 0.15) is 21.5 Å². The maximum atomic E-state index is 13.7. The summed E-state index contributed by atoms with van der Waals surface area (Å²) in [6, 6.07) is 22.5. The minimum atomic E-state index is -0.167. The first-order chi connectivity index (χ1) is 19.0. The number of pyridine rings is 1. The second kappa shape index (κ2) is 11.5. The highest BCUT2D eigenvalue weighted by atomic mass is 35.5. The molecule has 0 aliphatic carbocycles. The van der Waals surface area contributed by atoms with Gasteiger partial charge in [0.05, 0.1) is 44.4 Å². The smallest absolute Gasteiger partial charge is 0.257 e. The fourth-order valence-electron chi connectivity index (χ4n) is 4.46. The number of methoxy groups -OCH3 is 3. The van der Waals surface area contributed by atoms with Crippen molar-refractivity contribution in [3.63, 3.8) is 0 Å². The molecule has 7 nitrogen and oxygen atoms in total. The van der Waals surface area contributed by atoms with E-state index < -0.39 is 0 Å². The van der Waals surface area contributed by atoms with Crippen molar-refractivity contribution in [3.8, 4) is 28.5 Å². The van der Waals surface area contributed by atoms with Gasteiger partial charge in [-0.15, -0.1) is 0 Å². The van der Waals surface area contributed by atoms with E-state index >= 15 is 0 Å². The van der Waals surface area contributed by atoms with Crippen LogP contribution in [0.3, 0.4) is 0 Å². The monoisotopic (exact) mass is 542 g/mol. The van der Waals surface area contributed by atoms with Crippen LogP contribution >= 0.6 is 11.6 Å². The summed E-state index contributed by atoms with van der Waals surface area (Å²) in [5, 5.41) is 1.49. The number of carbonyl (C=O) groups excluding carboxylic acids is 1. The number of hydrogen-bond acceptors (Lipinski definition) is 6. The molecule has 2 aromatic heterocycles. The maximum absolute atomic E-state index is 13.7. The molecule has 0 unspecified atom stereocenters. The number of fused-ring (bicyclic) bond motifs is 1. The van der Waals surface area contributed by atoms with Crippen molar-refractivity contribution < 1.29 is 23.4 Å². The van der Waals surface area contributed by atoms with Gasteiger partial charge in [-0.2, -0.15) is 0 Å². The standard InChI is InChI=1S/C31H27ClN2O5/c1-36-25-8-4-20(5-9-25)17-34(31(35)22-12-13-39-19-22)18-23-14-21-6-7-24(32)15-28(21)33-30(23)27-16-26(37-2)10-11-29(27)38-3/h4-16,19H,17-18H2,1-3H3. The number of hydrogen-bond donors (Lipinski definition) is 0. The molecule has 198 valence electrons. The molecule has 0 spiro atoms. The molecular weight excluding hydrogens is 516 g/mol. The first-order valence-electron chi connectivity index (χ1n) is 12.2. The van der Waals surface area contributed by atoms with Crippen LogP contribution in [-0.2, 0) is 13.1 Å². The van der Waals surface area contributed by atoms with Crippen LogP contribution in [0.4, 0.5) is 0 Å². The molecule has 5 rings (SSSR count). The van der Waals surface area contributed by atoms with Gasteiger partial charge in [0.2, 0.25) is 0 Å². The van der Waals surface area contributed by atoms with Crippen molar-refractivity contribution in [2.24, 2.45) is 0 Å². The summed E-state index contributed by atoms with van der Waals surface area (Å²) in [5.41, 5.74) is 4.39. The minimum Gasteiger partial charge on any atom is -0.497 e. The van der Waals surface area contributed by atoms with Gasteiger partial charge >= 0.3 is 0 Å². The van der Waals surface area contributed by atoms with Gasteiger partial charge in [-0.05, 0) is 65.7 Å². The Balaban J connectivity index is 1.64. The predicted molar refractivity (Wildman–Crippen MR) is 151 cm³/mol. The molecule has 0 saturated carbocycles. The molecule has 8 heteroatoms. The molecular formula is C31H27ClN2O5. The average molecular weight is 543 g/mol. The van der Waals surface area contributed by atoms with E-state index in [0.29, 0.717) is 34.3 Å². The van der Waals surface area contributed by atoms with Crippen molar-refractivity contribution in [2.45, 2.75) is 13.1 Å². The van der Waals surface area contributed by atoms with Crippen molar-refractivity contribution in [3.05, 3.63) is 107 Å². The molecule has 0 fully saturated rings. The van der Waals surface area contributed by atoms with E-state index in [4.69, 9.17) is 35.2 Å². The SMILES string of the molecule is COc1ccc(CN(Cc2cc3ccc(Cl)cc3nc2-c2cc(OC)ccc2OC)C(=O)c2ccoc2)cc1. The molecule has 0 radical (unpaired) electrons. The molecule has 1 amide bonds. The number of aromatic nitrogens is 1. The number of amides is 1. The third-order valence-corrected chi connectivity index (χ3v) is 6.70. The summed E-state index contributed by atoms with van der Waals surface area (Å²) in [4.78, 5) is 20.4. The molecule has 0 N–H and O–H groups in total. The molecule has 39 heavy (non-hydrogen) atoms. The van der Waals surface area contributed by atoms with E-state index in [1.165, 1.54) is 12.5 Å². The molecule has 0 saturated heterocycles. The van der Waals surface area contributed by atoms with E-state index in [0.717, 1.165) is 33.3 Å². The van der Waals surface area contributed by atoms with Crippen LogP contribution in [0.25, 0.3) is 22.2 Å². The lowest BCUT2D eigenvalue weighted by Crippen LogP contribution is -2.30. The van der Waals surface area contributed by atoms with Gasteiger partial charge in [-0.1, -0.05) is 29.8 Å². The number of halogens is 1. The van der Waals surface area contributed by atoms with Crippen LogP contribution in [-0.4, -0.2) is 37.1 Å². The molecule has 0 aliphatic heterocycles. The van der Waals surface area contributed by atoms with Crippen molar-refractivity contribution >= 4 is 28.4 Å². The van der Waals surface area contributed by atoms with E-state index in [1.54, 1.807) is 32.3 Å². The predicted octanol–water partition coefficient (Wildman–Crippen LogP) is 7.02. The lowest BCUT2D eigenvalue weighted by molar-refractivity contribution is 0.0729. The van der Waals surface area contributed by atoms with Crippen molar-refractivity contribution in [1.82, 2.24) is 9.88 Å². The Labute approximate surface area is 231 Å². The van der Waals surface area contributed by atoms with E-state index in [1.807, 2.05) is 66.7 Å². The third-order valence-electron chi connectivity index (χ3n) is 6.47. The zero-order chi connectivity index (χ0) is 27.4. The van der Waals surface area contributed by atoms with Crippen LogP contribution in [0, 0.1) is 0 Å². The highest BCUT2D eigenvalue weighted by molar-refractivity contribution is 6.31. The molecule has 0 bridgehead atoms. The fraction of sp³-hybridized carbons (Fsp3) is 0.161. The van der Waals surface area contributed by atoms with Crippen molar-refractivity contribution in [1.29, 1.82) is 0 Å². The van der Waals surface area contributed by atoms with Crippen LogP contribution < -0.4 is 14.2 Å². The Morgan fingerprint density at radius 2 is 1.64 bits per heavy atom. The number of ether oxygens (including phenoxy) is 3. The summed E-state index contributed by atoms with van der Waals surface area (Å²) in [6.45, 7) is 0.638. The second-order valence-electron chi connectivity index (χ2n) is 8.92. The van der Waals surface area contributed by atoms with Crippen molar-refractivity contribution in [2.75, 3.05) is 21.3 Å². The van der Waals surface area contributed by atoms with Gasteiger partial charge in [-0.3, -0.25) is 4.79 Å². The Kier molecular flexibility index (Phi) is 7.70. The molecule has 5 aromatic rings. The third kappa shape index (κ3) is 5.68. The van der Waals surface area contributed by atoms with Gasteiger partial charge in [0.25, 0.3) is 5.91 Å². The average Bonchev–Trinajstić information content (AvgIpc) is 3.51. The van der Waals surface area contributed by atoms with Crippen LogP contribution in [0.5, 0.6) is 17.2 Å². The Morgan fingerprint density at radius 1 is 0.872 bits per heavy atom. The lowest BCUT2D eigenvalue weighted by Gasteiger charge is -2.24. The minimum absolute atomic E-state index is 0.167. The van der Waals surface area contributed by atoms with Crippen LogP contribution in [0.15, 0.2) is 89.7 Å². The zero-order valence-corrected chi connectivity index (χ0v) is 22.6. The van der Waals surface area contributed by atoms with Crippen LogP contribution in [0.2, 0.25) is 5.02 Å². The summed E-state index contributed by atoms with van der Waals surface area (Å²) < 4.78 is 21.7. The normalized spacial score (nSPS) is 10.9. The number of nitrogens with zero attached hydrogens (tertiary/aromatic N) is 2. The van der Waals surface area contributed by atoms with Gasteiger partial charge in [0.1, 0.15) is 23.5 Å². The molecule has 3 aromatic carbocycles. The topological polar surface area (TPSA) is 74.0 Å². The quantitative estimate of drug-likeness (QED) is 0.199. The molecule has 0 atom stereocenters. The summed E-state index contributed by atoms with van der Waals surface area (Å²) in [6.07, 6.45) is 2.95. The van der Waals surface area contributed by atoms with Gasteiger partial charge < -0.3 is 23.5 Å². The van der Waals surface area contributed by atoms with Gasteiger partial charge in [0.15, 0.2) is 0 Å². The van der Waals surface area contributed by atoms with E-state index in [9.17, 15) is 4.79 Å². The maximum Gasteiger partial charge on any atom is 0.257 e. The summed E-state index contributed by atoms with van der Waals surface area (Å²) >= 11 is 6.30. The molecule has 0 aliphatic rings. The van der Waals surface area contributed by atoms with E-state index in [-0.39, 0.29) is 12.5 Å². The Hall–Kier alpha value is -4.49. The second-order valence-corrected chi connectivity index (χ2v) is 9.36. The zero-order valence-electron chi connectivity index (χ0n) is 21.8. The highest BCUT2D eigenvalue weighted by Gasteiger charge is 2.22. The number of benzene rings is 3. The Bertz CT molecular complexity index is 1600. The summed E-state index contributed by atoms with van der Waals surface area (Å²) in [7, 11) is 4.85. The largest absolute Gasteiger partial charge is 0.497 e. The van der Waals surface area contributed by atoms with Gasteiger partial charge in [-0.25, -0.2) is 4.98 Å². The number of carbonyl (C=O) groups is 1.